The van der Waals surface area contributed by atoms with Gasteiger partial charge in [-0.1, -0.05) is 19.9 Å². The summed E-state index contributed by atoms with van der Waals surface area (Å²) in [6, 6.07) is 3.69. The van der Waals surface area contributed by atoms with Crippen LogP contribution in [-0.2, 0) is 30.4 Å². The Kier molecular flexibility index (Phi) is 6.92. The largest absolute Gasteiger partial charge is 0.496 e. The Hall–Kier alpha value is -3.63. The summed E-state index contributed by atoms with van der Waals surface area (Å²) in [6.07, 6.45) is 0.160. The number of aromatic nitrogens is 4. The Balaban J connectivity index is 1.47. The average molecular weight is 503 g/mol. The molecule has 0 radical (unpaired) electrons. The van der Waals surface area contributed by atoms with Gasteiger partial charge in [0, 0.05) is 19.7 Å². The molecule has 1 N–H and O–H groups in total. The van der Waals surface area contributed by atoms with Crippen molar-refractivity contribution in [1.82, 2.24) is 19.7 Å². The van der Waals surface area contributed by atoms with Gasteiger partial charge in [-0.3, -0.25) is 9.48 Å². The SMILES string of the molecule is COc1ccc(Cn2cc(CCc3nc(C)c4c(n3)N(C)[C@@H](C(C)C)C(=O)N4)cn2)cc1C(F)(F)F. The molecule has 0 spiro atoms. The number of hydrogen-bond acceptors (Lipinski definition) is 6. The van der Waals surface area contributed by atoms with Crippen molar-refractivity contribution < 1.29 is 22.7 Å². The van der Waals surface area contributed by atoms with Gasteiger partial charge in [-0.05, 0) is 42.5 Å². The smallest absolute Gasteiger partial charge is 0.419 e. The lowest BCUT2D eigenvalue weighted by atomic mass is 9.99. The van der Waals surface area contributed by atoms with Gasteiger partial charge >= 0.3 is 6.18 Å². The second-order valence-corrected chi connectivity index (χ2v) is 9.29. The van der Waals surface area contributed by atoms with Crippen LogP contribution in [0.3, 0.4) is 0 Å². The highest BCUT2D eigenvalue weighted by molar-refractivity contribution is 6.03. The Morgan fingerprint density at radius 1 is 1.17 bits per heavy atom. The van der Waals surface area contributed by atoms with Gasteiger partial charge in [0.1, 0.15) is 23.3 Å². The molecule has 2 aromatic heterocycles. The molecular formula is C25H29F3N6O2. The fraction of sp³-hybridized carbons (Fsp3) is 0.440. The number of carbonyl (C=O) groups excluding carboxylic acids is 1. The summed E-state index contributed by atoms with van der Waals surface area (Å²) in [5.41, 5.74) is 1.91. The van der Waals surface area contributed by atoms with Crippen LogP contribution in [0.15, 0.2) is 30.6 Å². The Morgan fingerprint density at radius 2 is 1.92 bits per heavy atom. The van der Waals surface area contributed by atoms with Gasteiger partial charge in [0.15, 0.2) is 5.82 Å². The Labute approximate surface area is 207 Å². The molecule has 0 fully saturated rings. The molecule has 11 heteroatoms. The van der Waals surface area contributed by atoms with Crippen LogP contribution in [0.5, 0.6) is 5.75 Å². The highest BCUT2D eigenvalue weighted by atomic mass is 19.4. The van der Waals surface area contributed by atoms with Crippen molar-refractivity contribution in [2.45, 2.75) is 52.4 Å². The predicted molar refractivity (Wildman–Crippen MR) is 129 cm³/mol. The zero-order chi connectivity index (χ0) is 26.2. The summed E-state index contributed by atoms with van der Waals surface area (Å²) < 4.78 is 46.4. The van der Waals surface area contributed by atoms with Crippen LogP contribution >= 0.6 is 0 Å². The summed E-state index contributed by atoms with van der Waals surface area (Å²) >= 11 is 0. The Bertz CT molecular complexity index is 1270. The maximum absolute atomic E-state index is 13.3. The minimum atomic E-state index is -4.50. The van der Waals surface area contributed by atoms with Gasteiger partial charge in [0.25, 0.3) is 0 Å². The van der Waals surface area contributed by atoms with E-state index < -0.39 is 11.7 Å². The highest BCUT2D eigenvalue weighted by Crippen LogP contribution is 2.37. The number of methoxy groups -OCH3 is 1. The monoisotopic (exact) mass is 502 g/mol. The molecule has 3 heterocycles. The van der Waals surface area contributed by atoms with Crippen LogP contribution in [0.1, 0.15) is 42.1 Å². The van der Waals surface area contributed by atoms with Crippen molar-refractivity contribution in [3.63, 3.8) is 0 Å². The van der Waals surface area contributed by atoms with Crippen LogP contribution in [0.25, 0.3) is 0 Å². The zero-order valence-electron chi connectivity index (χ0n) is 20.8. The zero-order valence-corrected chi connectivity index (χ0v) is 20.8. The maximum Gasteiger partial charge on any atom is 0.419 e. The molecule has 0 saturated heterocycles. The standard InChI is InChI=1S/C25H29F3N6O2/c1-14(2)22-24(35)32-21-15(3)30-20(31-23(21)33(22)4)9-7-17-11-29-34(13-17)12-16-6-8-19(36-5)18(10-16)25(26,27)28/h6,8,10-11,13-14,22H,7,9,12H2,1-5H3,(H,32,35)/t22-/m0/s1. The number of likely N-dealkylation sites (N-methyl/N-ethyl adjacent to an activating group) is 1. The first-order chi connectivity index (χ1) is 17.0. The van der Waals surface area contributed by atoms with E-state index in [4.69, 9.17) is 9.72 Å². The van der Waals surface area contributed by atoms with Crippen molar-refractivity contribution in [2.24, 2.45) is 5.92 Å². The first-order valence-corrected chi connectivity index (χ1v) is 11.6. The van der Waals surface area contributed by atoms with Crippen molar-refractivity contribution in [3.05, 3.63) is 58.8 Å². The number of halogens is 3. The fourth-order valence-corrected chi connectivity index (χ4v) is 4.52. The number of fused-ring (bicyclic) bond motifs is 1. The summed E-state index contributed by atoms with van der Waals surface area (Å²) in [5, 5.41) is 7.24. The highest BCUT2D eigenvalue weighted by Gasteiger charge is 2.36. The van der Waals surface area contributed by atoms with Crippen molar-refractivity contribution >= 4 is 17.4 Å². The van der Waals surface area contributed by atoms with E-state index in [0.29, 0.717) is 41.4 Å². The Morgan fingerprint density at radius 3 is 2.58 bits per heavy atom. The van der Waals surface area contributed by atoms with E-state index in [1.54, 1.807) is 16.9 Å². The maximum atomic E-state index is 13.3. The van der Waals surface area contributed by atoms with Crippen molar-refractivity contribution in [1.29, 1.82) is 0 Å². The topological polar surface area (TPSA) is 85.2 Å². The number of carbonyl (C=O) groups is 1. The lowest BCUT2D eigenvalue weighted by Crippen LogP contribution is -2.49. The molecular weight excluding hydrogens is 473 g/mol. The summed E-state index contributed by atoms with van der Waals surface area (Å²) in [7, 11) is 3.08. The molecule has 3 aromatic rings. The van der Waals surface area contributed by atoms with Crippen LogP contribution in [0.2, 0.25) is 0 Å². The molecule has 1 aromatic carbocycles. The molecule has 1 aliphatic heterocycles. The third kappa shape index (κ3) is 5.14. The van der Waals surface area contributed by atoms with E-state index in [-0.39, 0.29) is 30.2 Å². The number of amides is 1. The molecule has 4 rings (SSSR count). The number of alkyl halides is 3. The summed E-state index contributed by atoms with van der Waals surface area (Å²) in [6.45, 7) is 6.03. The van der Waals surface area contributed by atoms with E-state index in [1.165, 1.54) is 13.2 Å². The number of ether oxygens (including phenoxy) is 1. The third-order valence-corrected chi connectivity index (χ3v) is 6.25. The first kappa shape index (κ1) is 25.5. The lowest BCUT2D eigenvalue weighted by Gasteiger charge is -2.36. The number of benzene rings is 1. The molecule has 1 amide bonds. The predicted octanol–water partition coefficient (Wildman–Crippen LogP) is 4.26. The van der Waals surface area contributed by atoms with Gasteiger partial charge in [-0.15, -0.1) is 0 Å². The molecule has 1 aliphatic rings. The van der Waals surface area contributed by atoms with E-state index in [0.717, 1.165) is 11.6 Å². The van der Waals surface area contributed by atoms with Gasteiger partial charge in [0.05, 0.1) is 31.1 Å². The van der Waals surface area contributed by atoms with Gasteiger partial charge in [0.2, 0.25) is 5.91 Å². The van der Waals surface area contributed by atoms with E-state index >= 15 is 0 Å². The number of rotatable bonds is 7. The van der Waals surface area contributed by atoms with E-state index in [2.05, 4.69) is 15.4 Å². The molecule has 36 heavy (non-hydrogen) atoms. The number of nitrogens with zero attached hydrogens (tertiary/aromatic N) is 5. The number of nitrogens with one attached hydrogen (secondary N) is 1. The second-order valence-electron chi connectivity index (χ2n) is 9.29. The first-order valence-electron chi connectivity index (χ1n) is 11.6. The average Bonchev–Trinajstić information content (AvgIpc) is 3.25. The molecule has 0 aliphatic carbocycles. The van der Waals surface area contributed by atoms with Crippen LogP contribution in [-0.4, -0.2) is 45.9 Å². The van der Waals surface area contributed by atoms with Crippen LogP contribution < -0.4 is 15.0 Å². The minimum absolute atomic E-state index is 0.0638. The van der Waals surface area contributed by atoms with Gasteiger partial charge in [-0.2, -0.15) is 18.3 Å². The summed E-state index contributed by atoms with van der Waals surface area (Å²) in [5.74, 6) is 1.19. The minimum Gasteiger partial charge on any atom is -0.496 e. The van der Waals surface area contributed by atoms with E-state index in [1.807, 2.05) is 38.9 Å². The van der Waals surface area contributed by atoms with Crippen LogP contribution in [0, 0.1) is 12.8 Å². The molecule has 192 valence electrons. The lowest BCUT2D eigenvalue weighted by molar-refractivity contribution is -0.138. The molecule has 0 unspecified atom stereocenters. The summed E-state index contributed by atoms with van der Waals surface area (Å²) in [4.78, 5) is 23.7. The number of anilines is 2. The molecule has 1 atom stereocenters. The van der Waals surface area contributed by atoms with Gasteiger partial charge < -0.3 is 15.0 Å². The second kappa shape index (κ2) is 9.79. The third-order valence-electron chi connectivity index (χ3n) is 6.25. The molecule has 8 nitrogen and oxygen atoms in total. The van der Waals surface area contributed by atoms with Crippen molar-refractivity contribution in [3.8, 4) is 5.75 Å². The normalized spacial score (nSPS) is 15.8. The molecule has 0 saturated carbocycles. The van der Waals surface area contributed by atoms with Crippen LogP contribution in [0.4, 0.5) is 24.7 Å². The molecule has 0 bridgehead atoms. The van der Waals surface area contributed by atoms with Crippen molar-refractivity contribution in [2.75, 3.05) is 24.4 Å². The van der Waals surface area contributed by atoms with E-state index in [9.17, 15) is 18.0 Å². The van der Waals surface area contributed by atoms with Gasteiger partial charge in [-0.25, -0.2) is 9.97 Å². The number of aryl methyl sites for hydroxylation is 3. The quantitative estimate of drug-likeness (QED) is 0.520. The number of hydrogen-bond donors (Lipinski definition) is 1. The fourth-order valence-electron chi connectivity index (χ4n) is 4.52.